The van der Waals surface area contributed by atoms with E-state index in [1.165, 1.54) is 13.2 Å². The van der Waals surface area contributed by atoms with Crippen molar-refractivity contribution in [3.8, 4) is 0 Å². The second kappa shape index (κ2) is 7.49. The molecule has 0 fully saturated rings. The summed E-state index contributed by atoms with van der Waals surface area (Å²) in [5.41, 5.74) is 0.292. The normalized spacial score (nSPS) is 15.2. The first-order valence-electron chi connectivity index (χ1n) is 6.98. The molecule has 0 unspecified atom stereocenters. The third-order valence-electron chi connectivity index (χ3n) is 3.07. The maximum Gasteiger partial charge on any atom is 0.354 e. The highest BCUT2D eigenvalue weighted by atomic mass is 19.1. The van der Waals surface area contributed by atoms with Crippen LogP contribution in [0.3, 0.4) is 0 Å². The Morgan fingerprint density at radius 1 is 1.29 bits per heavy atom. The van der Waals surface area contributed by atoms with E-state index in [0.29, 0.717) is 5.82 Å². The highest BCUT2D eigenvalue weighted by molar-refractivity contribution is 6.44. The highest BCUT2D eigenvalue weighted by Crippen LogP contribution is 2.10. The van der Waals surface area contributed by atoms with Gasteiger partial charge < -0.3 is 15.4 Å². The topological polar surface area (TPSA) is 79.8 Å². The first-order chi connectivity index (χ1) is 11.4. The fourth-order valence-electron chi connectivity index (χ4n) is 1.96. The van der Waals surface area contributed by atoms with Gasteiger partial charge in [0.15, 0.2) is 0 Å². The molecule has 0 aliphatic carbocycles. The quantitative estimate of drug-likeness (QED) is 0.818. The summed E-state index contributed by atoms with van der Waals surface area (Å²) in [5, 5.41) is 5.20. The SMILES string of the molecule is C/C=C1/N=C(C(=O)NCc2cc(F)cc(F)c2)C=C(C(=O)OC)N1. The molecule has 0 saturated heterocycles. The van der Waals surface area contributed by atoms with Crippen LogP contribution in [0, 0.1) is 11.6 Å². The molecule has 0 bridgehead atoms. The second-order valence-electron chi connectivity index (χ2n) is 4.81. The van der Waals surface area contributed by atoms with Crippen LogP contribution in [0.4, 0.5) is 8.78 Å². The molecular weight excluding hydrogens is 320 g/mol. The van der Waals surface area contributed by atoms with Gasteiger partial charge in [-0.3, -0.25) is 4.79 Å². The van der Waals surface area contributed by atoms with Gasteiger partial charge in [-0.15, -0.1) is 0 Å². The summed E-state index contributed by atoms with van der Waals surface area (Å²) in [6.45, 7) is 1.59. The number of ether oxygens (including phenoxy) is 1. The number of amides is 1. The Hall–Kier alpha value is -3.03. The van der Waals surface area contributed by atoms with E-state index >= 15 is 0 Å². The largest absolute Gasteiger partial charge is 0.464 e. The maximum absolute atomic E-state index is 13.1. The summed E-state index contributed by atoms with van der Waals surface area (Å²) < 4.78 is 30.9. The molecule has 1 aliphatic rings. The van der Waals surface area contributed by atoms with E-state index in [0.717, 1.165) is 18.2 Å². The van der Waals surface area contributed by atoms with E-state index < -0.39 is 23.5 Å². The van der Waals surface area contributed by atoms with Crippen LogP contribution in [-0.2, 0) is 20.9 Å². The van der Waals surface area contributed by atoms with Crippen LogP contribution >= 0.6 is 0 Å². The lowest BCUT2D eigenvalue weighted by atomic mass is 10.2. The molecule has 2 N–H and O–H groups in total. The van der Waals surface area contributed by atoms with Crippen LogP contribution in [0.5, 0.6) is 0 Å². The van der Waals surface area contributed by atoms with Crippen LogP contribution in [0.2, 0.25) is 0 Å². The van der Waals surface area contributed by atoms with Crippen molar-refractivity contribution in [2.75, 3.05) is 7.11 Å². The molecule has 0 aromatic heterocycles. The summed E-state index contributed by atoms with van der Waals surface area (Å²) >= 11 is 0. The first-order valence-corrected chi connectivity index (χ1v) is 6.98. The number of benzene rings is 1. The van der Waals surface area contributed by atoms with Gasteiger partial charge in [0, 0.05) is 18.7 Å². The molecular formula is C16H15F2N3O3. The Balaban J connectivity index is 2.14. The van der Waals surface area contributed by atoms with E-state index in [1.54, 1.807) is 13.0 Å². The molecule has 1 aromatic rings. The summed E-state index contributed by atoms with van der Waals surface area (Å²) in [6, 6.07) is 2.97. The van der Waals surface area contributed by atoms with E-state index in [9.17, 15) is 18.4 Å². The van der Waals surface area contributed by atoms with Crippen molar-refractivity contribution in [3.05, 3.63) is 59.1 Å². The molecule has 1 heterocycles. The Labute approximate surface area is 136 Å². The van der Waals surface area contributed by atoms with Crippen LogP contribution in [0.1, 0.15) is 12.5 Å². The smallest absolute Gasteiger partial charge is 0.354 e. The van der Waals surface area contributed by atoms with Crippen LogP contribution < -0.4 is 10.6 Å². The van der Waals surface area contributed by atoms with Gasteiger partial charge in [0.25, 0.3) is 5.91 Å². The van der Waals surface area contributed by atoms with Crippen molar-refractivity contribution in [1.82, 2.24) is 10.6 Å². The zero-order chi connectivity index (χ0) is 17.7. The van der Waals surface area contributed by atoms with Crippen molar-refractivity contribution in [2.24, 2.45) is 4.99 Å². The fourth-order valence-corrected chi connectivity index (χ4v) is 1.96. The zero-order valence-electron chi connectivity index (χ0n) is 13.0. The zero-order valence-corrected chi connectivity index (χ0v) is 13.0. The minimum Gasteiger partial charge on any atom is -0.464 e. The molecule has 1 aromatic carbocycles. The standard InChI is InChI=1S/C16H15F2N3O3/c1-3-14-20-12(7-13(21-14)16(23)24-2)15(22)19-8-9-4-10(17)6-11(18)5-9/h3-7,21H,8H2,1-2H3,(H,19,22)/b14-3-. The van der Waals surface area contributed by atoms with E-state index in [2.05, 4.69) is 20.4 Å². The summed E-state index contributed by atoms with van der Waals surface area (Å²) in [7, 11) is 1.21. The number of halogens is 2. The number of hydrogen-bond donors (Lipinski definition) is 2. The number of methoxy groups -OCH3 is 1. The monoisotopic (exact) mass is 335 g/mol. The number of esters is 1. The van der Waals surface area contributed by atoms with E-state index in [4.69, 9.17) is 0 Å². The average Bonchev–Trinajstić information content (AvgIpc) is 2.57. The lowest BCUT2D eigenvalue weighted by Crippen LogP contribution is -2.34. The average molecular weight is 335 g/mol. The van der Waals surface area contributed by atoms with Gasteiger partial charge in [-0.2, -0.15) is 0 Å². The molecule has 8 heteroatoms. The summed E-state index contributed by atoms with van der Waals surface area (Å²) in [6.07, 6.45) is 2.81. The van der Waals surface area contributed by atoms with Gasteiger partial charge in [-0.1, -0.05) is 0 Å². The third kappa shape index (κ3) is 4.25. The molecule has 126 valence electrons. The lowest BCUT2D eigenvalue weighted by molar-refractivity contribution is -0.136. The predicted molar refractivity (Wildman–Crippen MR) is 82.6 cm³/mol. The van der Waals surface area contributed by atoms with Gasteiger partial charge in [0.2, 0.25) is 0 Å². The molecule has 0 saturated carbocycles. The molecule has 0 spiro atoms. The Kier molecular flexibility index (Phi) is 5.41. The Bertz CT molecular complexity index is 750. The summed E-state index contributed by atoms with van der Waals surface area (Å²) in [4.78, 5) is 27.8. The first kappa shape index (κ1) is 17.3. The number of allylic oxidation sites excluding steroid dienone is 1. The molecule has 0 radical (unpaired) electrons. The number of hydrogen-bond acceptors (Lipinski definition) is 5. The van der Waals surface area contributed by atoms with Crippen LogP contribution in [0.25, 0.3) is 0 Å². The predicted octanol–water partition coefficient (Wildman–Crippen LogP) is 1.54. The third-order valence-corrected chi connectivity index (χ3v) is 3.07. The number of nitrogens with zero attached hydrogens (tertiary/aromatic N) is 1. The molecule has 6 nitrogen and oxygen atoms in total. The molecule has 1 amide bonds. The van der Waals surface area contributed by atoms with Gasteiger partial charge in [0.1, 0.15) is 28.9 Å². The van der Waals surface area contributed by atoms with Gasteiger partial charge >= 0.3 is 5.97 Å². The van der Waals surface area contributed by atoms with Gasteiger partial charge in [-0.25, -0.2) is 18.6 Å². The maximum atomic E-state index is 13.1. The number of carbonyl (C=O) groups is 2. The number of nitrogens with one attached hydrogen (secondary N) is 2. The highest BCUT2D eigenvalue weighted by Gasteiger charge is 2.20. The van der Waals surface area contributed by atoms with Crippen LogP contribution in [-0.4, -0.2) is 24.7 Å². The van der Waals surface area contributed by atoms with Crippen molar-refractivity contribution in [2.45, 2.75) is 13.5 Å². The summed E-state index contributed by atoms with van der Waals surface area (Å²) in [5.74, 6) is -2.41. The van der Waals surface area contributed by atoms with E-state index in [-0.39, 0.29) is 23.5 Å². The minimum absolute atomic E-state index is 0.0286. The molecule has 0 atom stereocenters. The Morgan fingerprint density at radius 3 is 2.54 bits per heavy atom. The number of carbonyl (C=O) groups excluding carboxylic acids is 2. The molecule has 2 rings (SSSR count). The minimum atomic E-state index is -0.734. The number of rotatable bonds is 4. The van der Waals surface area contributed by atoms with Crippen LogP contribution in [0.15, 0.2) is 46.9 Å². The molecule has 24 heavy (non-hydrogen) atoms. The van der Waals surface area contributed by atoms with E-state index in [1.807, 2.05) is 0 Å². The second-order valence-corrected chi connectivity index (χ2v) is 4.81. The fraction of sp³-hybridized carbons (Fsp3) is 0.188. The van der Waals surface area contributed by atoms with Crippen molar-refractivity contribution in [3.63, 3.8) is 0 Å². The van der Waals surface area contributed by atoms with Crippen molar-refractivity contribution >= 4 is 17.6 Å². The molecule has 1 aliphatic heterocycles. The Morgan fingerprint density at radius 2 is 1.96 bits per heavy atom. The van der Waals surface area contributed by atoms with Crippen molar-refractivity contribution < 1.29 is 23.1 Å². The van der Waals surface area contributed by atoms with Crippen molar-refractivity contribution in [1.29, 1.82) is 0 Å². The lowest BCUT2D eigenvalue weighted by Gasteiger charge is -2.16. The van der Waals surface area contributed by atoms with Gasteiger partial charge in [-0.05, 0) is 30.7 Å². The number of aliphatic imine (C=N–C) groups is 1. The van der Waals surface area contributed by atoms with Gasteiger partial charge in [0.05, 0.1) is 7.11 Å².